The summed E-state index contributed by atoms with van der Waals surface area (Å²) in [6, 6.07) is 19.4. The number of ether oxygens (including phenoxy) is 1. The third-order valence-electron chi connectivity index (χ3n) is 7.40. The Morgan fingerprint density at radius 3 is 2.39 bits per heavy atom. The van der Waals surface area contributed by atoms with Crippen LogP contribution in [0.25, 0.3) is 32.3 Å². The maximum absolute atomic E-state index is 12.9. The molecule has 2 aliphatic carbocycles. The first-order valence-corrected chi connectivity index (χ1v) is 10.5. The Balaban J connectivity index is 1.39. The zero-order valence-corrected chi connectivity index (χ0v) is 16.2. The van der Waals surface area contributed by atoms with E-state index in [4.69, 9.17) is 4.74 Å². The minimum absolute atomic E-state index is 0.0786. The summed E-state index contributed by atoms with van der Waals surface area (Å²) in [7, 11) is 0. The van der Waals surface area contributed by atoms with Crippen LogP contribution in [0.15, 0.2) is 54.6 Å². The van der Waals surface area contributed by atoms with Gasteiger partial charge in [0, 0.05) is 0 Å². The maximum atomic E-state index is 12.9. The van der Waals surface area contributed by atoms with Gasteiger partial charge in [-0.3, -0.25) is 4.79 Å². The third kappa shape index (κ3) is 2.30. The van der Waals surface area contributed by atoms with E-state index in [0.29, 0.717) is 12.3 Å². The Kier molecular flexibility index (Phi) is 3.33. The van der Waals surface area contributed by atoms with Gasteiger partial charge < -0.3 is 4.74 Å². The molecule has 4 aromatic rings. The summed E-state index contributed by atoms with van der Waals surface area (Å²) in [4.78, 5) is 12.9. The van der Waals surface area contributed by atoms with Gasteiger partial charge in [-0.2, -0.15) is 0 Å². The molecule has 2 fully saturated rings. The van der Waals surface area contributed by atoms with E-state index in [-0.39, 0.29) is 11.6 Å². The fourth-order valence-corrected chi connectivity index (χ4v) is 6.08. The van der Waals surface area contributed by atoms with E-state index in [2.05, 4.69) is 61.5 Å². The highest BCUT2D eigenvalue weighted by Crippen LogP contribution is 2.52. The molecule has 0 saturated heterocycles. The lowest BCUT2D eigenvalue weighted by molar-refractivity contribution is -0.162. The van der Waals surface area contributed by atoms with Crippen LogP contribution in [-0.4, -0.2) is 11.6 Å². The normalized spacial score (nSPS) is 26.6. The van der Waals surface area contributed by atoms with Crippen molar-refractivity contribution in [1.82, 2.24) is 0 Å². The van der Waals surface area contributed by atoms with Crippen molar-refractivity contribution in [2.75, 3.05) is 0 Å². The number of benzene rings is 4. The van der Waals surface area contributed by atoms with E-state index >= 15 is 0 Å². The molecular weight excluding hydrogens is 344 g/mol. The first kappa shape index (κ1) is 16.4. The van der Waals surface area contributed by atoms with Gasteiger partial charge in [-0.1, -0.05) is 54.6 Å². The van der Waals surface area contributed by atoms with Gasteiger partial charge in [0.05, 0.1) is 6.42 Å². The molecule has 0 aromatic heterocycles. The Hall–Kier alpha value is -2.61. The number of carbonyl (C=O) groups is 1. The smallest absolute Gasteiger partial charge is 0.310 e. The highest BCUT2D eigenvalue weighted by atomic mass is 16.6. The van der Waals surface area contributed by atoms with Crippen LogP contribution in [0.3, 0.4) is 0 Å². The van der Waals surface area contributed by atoms with Crippen molar-refractivity contribution >= 4 is 38.3 Å². The molecule has 28 heavy (non-hydrogen) atoms. The fraction of sp³-hybridized carbons (Fsp3) is 0.346. The van der Waals surface area contributed by atoms with E-state index in [1.165, 1.54) is 51.6 Å². The van der Waals surface area contributed by atoms with E-state index in [9.17, 15) is 4.79 Å². The van der Waals surface area contributed by atoms with Gasteiger partial charge in [-0.05, 0) is 82.3 Å². The van der Waals surface area contributed by atoms with Gasteiger partial charge >= 0.3 is 5.97 Å². The molecule has 3 atom stereocenters. The summed E-state index contributed by atoms with van der Waals surface area (Å²) in [6.07, 6.45) is 5.16. The second kappa shape index (κ2) is 5.70. The molecule has 0 heterocycles. The maximum Gasteiger partial charge on any atom is 0.310 e. The second-order valence-corrected chi connectivity index (χ2v) is 9.12. The van der Waals surface area contributed by atoms with Crippen LogP contribution in [0.2, 0.25) is 0 Å². The molecule has 0 amide bonds. The molecular formula is C26H24O2. The number of carbonyl (C=O) groups excluding carboxylic acids is 1. The first-order chi connectivity index (χ1) is 13.6. The van der Waals surface area contributed by atoms with Crippen molar-refractivity contribution in [2.24, 2.45) is 11.8 Å². The number of fused-ring (bicyclic) bond motifs is 2. The quantitative estimate of drug-likeness (QED) is 0.316. The molecule has 140 valence electrons. The lowest BCUT2D eigenvalue weighted by atomic mass is 9.85. The van der Waals surface area contributed by atoms with Gasteiger partial charge in [0.15, 0.2) is 0 Å². The zero-order valence-electron chi connectivity index (χ0n) is 16.2. The Labute approximate surface area is 164 Å². The predicted octanol–water partition coefficient (Wildman–Crippen LogP) is 6.25. The van der Waals surface area contributed by atoms with Crippen LogP contribution >= 0.6 is 0 Å². The van der Waals surface area contributed by atoms with Crippen LogP contribution in [0, 0.1) is 11.8 Å². The van der Waals surface area contributed by atoms with Crippen LogP contribution < -0.4 is 0 Å². The monoisotopic (exact) mass is 368 g/mol. The molecule has 0 N–H and O–H groups in total. The highest BCUT2D eigenvalue weighted by Gasteiger charge is 2.50. The summed E-state index contributed by atoms with van der Waals surface area (Å²) in [6.45, 7) is 2.15. The summed E-state index contributed by atoms with van der Waals surface area (Å²) in [5.74, 6) is 1.24. The number of hydrogen-bond donors (Lipinski definition) is 0. The van der Waals surface area contributed by atoms with Gasteiger partial charge in [-0.25, -0.2) is 0 Å². The molecule has 4 aromatic carbocycles. The van der Waals surface area contributed by atoms with E-state index in [1.54, 1.807) is 0 Å². The molecule has 0 aliphatic heterocycles. The van der Waals surface area contributed by atoms with Crippen molar-refractivity contribution in [3.8, 4) is 0 Å². The van der Waals surface area contributed by atoms with Crippen LogP contribution in [0.4, 0.5) is 0 Å². The van der Waals surface area contributed by atoms with Crippen molar-refractivity contribution in [3.05, 3.63) is 60.2 Å². The Bertz CT molecular complexity index is 1210. The van der Waals surface area contributed by atoms with Crippen molar-refractivity contribution in [1.29, 1.82) is 0 Å². The summed E-state index contributed by atoms with van der Waals surface area (Å²) in [5.41, 5.74) is 0.826. The van der Waals surface area contributed by atoms with Crippen LogP contribution in [0.1, 0.15) is 38.2 Å². The van der Waals surface area contributed by atoms with E-state index in [0.717, 1.165) is 17.9 Å². The van der Waals surface area contributed by atoms with E-state index < -0.39 is 0 Å². The zero-order chi connectivity index (χ0) is 18.9. The average molecular weight is 368 g/mol. The average Bonchev–Trinajstić information content (AvgIpc) is 3.27. The lowest BCUT2D eigenvalue weighted by Gasteiger charge is -2.33. The minimum atomic E-state index is -0.246. The Morgan fingerprint density at radius 2 is 1.68 bits per heavy atom. The molecule has 3 unspecified atom stereocenters. The predicted molar refractivity (Wildman–Crippen MR) is 114 cm³/mol. The molecule has 0 spiro atoms. The van der Waals surface area contributed by atoms with Crippen molar-refractivity contribution in [2.45, 2.75) is 44.6 Å². The molecule has 2 bridgehead atoms. The van der Waals surface area contributed by atoms with Crippen LogP contribution in [0.5, 0.6) is 0 Å². The lowest BCUT2D eigenvalue weighted by Crippen LogP contribution is -2.37. The Morgan fingerprint density at radius 1 is 0.964 bits per heavy atom. The summed E-state index contributed by atoms with van der Waals surface area (Å²) < 4.78 is 6.09. The van der Waals surface area contributed by atoms with E-state index in [1.807, 2.05) is 0 Å². The second-order valence-electron chi connectivity index (χ2n) is 9.12. The molecule has 0 radical (unpaired) electrons. The summed E-state index contributed by atoms with van der Waals surface area (Å²) >= 11 is 0. The van der Waals surface area contributed by atoms with Gasteiger partial charge in [0.25, 0.3) is 0 Å². The van der Waals surface area contributed by atoms with Crippen molar-refractivity contribution in [3.63, 3.8) is 0 Å². The van der Waals surface area contributed by atoms with Gasteiger partial charge in [-0.15, -0.1) is 0 Å². The molecule has 2 nitrogen and oxygen atoms in total. The molecule has 2 saturated carbocycles. The van der Waals surface area contributed by atoms with Gasteiger partial charge in [0.1, 0.15) is 5.60 Å². The standard InChI is InChI=1S/C26H24O2/c1-26(15-16-5-11-21(26)13-16)28-23(27)14-20-9-8-19-7-6-17-3-2-4-18-10-12-22(20)25(19)24(17)18/h2-4,6-10,12,16,21H,5,11,13-15H2,1H3. The summed E-state index contributed by atoms with van der Waals surface area (Å²) in [5, 5.41) is 7.49. The highest BCUT2D eigenvalue weighted by molar-refractivity contribution is 6.23. The van der Waals surface area contributed by atoms with Gasteiger partial charge in [0.2, 0.25) is 0 Å². The largest absolute Gasteiger partial charge is 0.459 e. The molecule has 2 heteroatoms. The number of esters is 1. The third-order valence-corrected chi connectivity index (χ3v) is 7.40. The topological polar surface area (TPSA) is 26.3 Å². The molecule has 2 aliphatic rings. The van der Waals surface area contributed by atoms with Crippen molar-refractivity contribution < 1.29 is 9.53 Å². The minimum Gasteiger partial charge on any atom is -0.459 e. The number of hydrogen-bond acceptors (Lipinski definition) is 2. The first-order valence-electron chi connectivity index (χ1n) is 10.5. The SMILES string of the molecule is CC1(OC(=O)Cc2ccc3ccc4cccc5ccc2c3c45)CC2CCC1C2. The van der Waals surface area contributed by atoms with Crippen LogP contribution in [-0.2, 0) is 16.0 Å². The molecule has 6 rings (SSSR count). The number of rotatable bonds is 3. The fourth-order valence-electron chi connectivity index (χ4n) is 6.08.